The summed E-state index contributed by atoms with van der Waals surface area (Å²) in [6, 6.07) is 17.7. The van der Waals surface area contributed by atoms with Crippen molar-refractivity contribution in [3.63, 3.8) is 0 Å². The summed E-state index contributed by atoms with van der Waals surface area (Å²) in [5.41, 5.74) is 2.01. The predicted molar refractivity (Wildman–Crippen MR) is 103 cm³/mol. The lowest BCUT2D eigenvalue weighted by atomic mass is 10.1. The lowest BCUT2D eigenvalue weighted by Crippen LogP contribution is -2.09. The SMILES string of the molecule is O=C(N=C1C=CC(=NC(=O)c2ccccc2)C(Br)=C1)c1ccccc1. The van der Waals surface area contributed by atoms with E-state index in [1.165, 1.54) is 0 Å². The zero-order chi connectivity index (χ0) is 17.6. The number of nitrogens with zero attached hydrogens (tertiary/aromatic N) is 2. The van der Waals surface area contributed by atoms with Gasteiger partial charge in [-0.15, -0.1) is 0 Å². The van der Waals surface area contributed by atoms with E-state index in [2.05, 4.69) is 25.9 Å². The molecule has 5 heteroatoms. The van der Waals surface area contributed by atoms with Crippen LogP contribution in [0.2, 0.25) is 0 Å². The molecule has 0 bridgehead atoms. The molecule has 0 aromatic heterocycles. The molecule has 0 atom stereocenters. The van der Waals surface area contributed by atoms with E-state index in [-0.39, 0.29) is 11.8 Å². The van der Waals surface area contributed by atoms with Gasteiger partial charge < -0.3 is 0 Å². The Kier molecular flexibility index (Phi) is 5.26. The normalized spacial score (nSPS) is 16.8. The first-order valence-electron chi connectivity index (χ1n) is 7.55. The van der Waals surface area contributed by atoms with E-state index in [0.29, 0.717) is 27.0 Å². The van der Waals surface area contributed by atoms with Crippen molar-refractivity contribution >= 4 is 39.2 Å². The first-order valence-corrected chi connectivity index (χ1v) is 8.34. The van der Waals surface area contributed by atoms with Crippen LogP contribution in [-0.2, 0) is 0 Å². The molecule has 0 saturated heterocycles. The van der Waals surface area contributed by atoms with Crippen LogP contribution in [0.25, 0.3) is 0 Å². The smallest absolute Gasteiger partial charge is 0.267 e. The Morgan fingerprint density at radius 3 is 1.76 bits per heavy atom. The highest BCUT2D eigenvalue weighted by atomic mass is 79.9. The maximum atomic E-state index is 12.1. The molecule has 2 amide bonds. The number of halogens is 1. The van der Waals surface area contributed by atoms with Gasteiger partial charge in [0.05, 0.1) is 11.4 Å². The van der Waals surface area contributed by atoms with Crippen LogP contribution in [0.5, 0.6) is 0 Å². The Hall–Kier alpha value is -2.92. The third-order valence-electron chi connectivity index (χ3n) is 3.43. The first-order chi connectivity index (χ1) is 12.1. The lowest BCUT2D eigenvalue weighted by Gasteiger charge is -2.06. The number of carbonyl (C=O) groups excluding carboxylic acids is 2. The fourth-order valence-corrected chi connectivity index (χ4v) is 2.63. The van der Waals surface area contributed by atoms with Gasteiger partial charge in [-0.3, -0.25) is 9.59 Å². The van der Waals surface area contributed by atoms with E-state index >= 15 is 0 Å². The first kappa shape index (κ1) is 16.9. The highest BCUT2D eigenvalue weighted by molar-refractivity contribution is 9.12. The summed E-state index contributed by atoms with van der Waals surface area (Å²) in [5, 5.41) is 0. The molecule has 0 aliphatic heterocycles. The third kappa shape index (κ3) is 4.33. The van der Waals surface area contributed by atoms with Crippen molar-refractivity contribution in [3.8, 4) is 0 Å². The molecule has 0 fully saturated rings. The quantitative estimate of drug-likeness (QED) is 0.711. The van der Waals surface area contributed by atoms with Crippen LogP contribution in [0, 0.1) is 0 Å². The molecule has 1 aliphatic carbocycles. The van der Waals surface area contributed by atoms with E-state index in [0.717, 1.165) is 0 Å². The minimum atomic E-state index is -0.327. The zero-order valence-electron chi connectivity index (χ0n) is 13.1. The van der Waals surface area contributed by atoms with Crippen molar-refractivity contribution in [1.29, 1.82) is 0 Å². The van der Waals surface area contributed by atoms with Crippen molar-refractivity contribution < 1.29 is 9.59 Å². The van der Waals surface area contributed by atoms with Crippen molar-refractivity contribution in [2.45, 2.75) is 0 Å². The average Bonchev–Trinajstić information content (AvgIpc) is 2.65. The van der Waals surface area contributed by atoms with Gasteiger partial charge in [-0.05, 0) is 58.4 Å². The van der Waals surface area contributed by atoms with E-state index in [9.17, 15) is 9.59 Å². The summed E-state index contributed by atoms with van der Waals surface area (Å²) in [5.74, 6) is -0.649. The van der Waals surface area contributed by atoms with Crippen LogP contribution >= 0.6 is 15.9 Å². The van der Waals surface area contributed by atoms with Crippen LogP contribution in [0.3, 0.4) is 0 Å². The minimum Gasteiger partial charge on any atom is -0.267 e. The van der Waals surface area contributed by atoms with Gasteiger partial charge >= 0.3 is 0 Å². The largest absolute Gasteiger partial charge is 0.277 e. The summed E-state index contributed by atoms with van der Waals surface area (Å²) in [4.78, 5) is 32.4. The van der Waals surface area contributed by atoms with E-state index in [4.69, 9.17) is 0 Å². The monoisotopic (exact) mass is 392 g/mol. The van der Waals surface area contributed by atoms with Gasteiger partial charge in [-0.2, -0.15) is 0 Å². The van der Waals surface area contributed by atoms with Crippen molar-refractivity contribution in [1.82, 2.24) is 0 Å². The zero-order valence-corrected chi connectivity index (χ0v) is 14.7. The van der Waals surface area contributed by atoms with Crippen LogP contribution in [-0.4, -0.2) is 23.2 Å². The third-order valence-corrected chi connectivity index (χ3v) is 4.06. The van der Waals surface area contributed by atoms with E-state index in [1.54, 1.807) is 66.8 Å². The summed E-state index contributed by atoms with van der Waals surface area (Å²) in [6.07, 6.45) is 4.97. The molecule has 3 rings (SSSR count). The molecule has 2 aromatic rings. The van der Waals surface area contributed by atoms with Gasteiger partial charge in [0.1, 0.15) is 0 Å². The molecule has 0 saturated carbocycles. The molecular weight excluding hydrogens is 380 g/mol. The van der Waals surface area contributed by atoms with E-state index < -0.39 is 0 Å². The van der Waals surface area contributed by atoms with Gasteiger partial charge in [0.15, 0.2) is 0 Å². The van der Waals surface area contributed by atoms with Crippen molar-refractivity contribution in [2.75, 3.05) is 0 Å². The molecule has 0 N–H and O–H groups in total. The number of rotatable bonds is 2. The molecular formula is C20H13BrN2O2. The molecule has 0 spiro atoms. The topological polar surface area (TPSA) is 58.9 Å². The molecule has 0 unspecified atom stereocenters. The van der Waals surface area contributed by atoms with Gasteiger partial charge in [0.2, 0.25) is 0 Å². The van der Waals surface area contributed by atoms with Crippen molar-refractivity contribution in [2.24, 2.45) is 9.98 Å². The fourth-order valence-electron chi connectivity index (χ4n) is 2.17. The summed E-state index contributed by atoms with van der Waals surface area (Å²) in [6.45, 7) is 0. The Morgan fingerprint density at radius 1 is 0.720 bits per heavy atom. The second-order valence-electron chi connectivity index (χ2n) is 5.20. The lowest BCUT2D eigenvalue weighted by molar-refractivity contribution is 0.0994. The molecule has 4 nitrogen and oxygen atoms in total. The second-order valence-corrected chi connectivity index (χ2v) is 6.06. The maximum absolute atomic E-state index is 12.1. The average molecular weight is 393 g/mol. The Balaban J connectivity index is 1.79. The highest BCUT2D eigenvalue weighted by Gasteiger charge is 2.12. The standard InChI is InChI=1S/C20H13BrN2O2/c21-17-13-16(22-19(24)14-7-3-1-4-8-14)11-12-18(17)23-20(25)15-9-5-2-6-10-15/h1-13H. The predicted octanol–water partition coefficient (Wildman–Crippen LogP) is 4.40. The van der Waals surface area contributed by atoms with Gasteiger partial charge in [0, 0.05) is 15.6 Å². The summed E-state index contributed by atoms with van der Waals surface area (Å²) >= 11 is 3.38. The van der Waals surface area contributed by atoms with Crippen LogP contribution in [0.4, 0.5) is 0 Å². The number of amides is 2. The van der Waals surface area contributed by atoms with Crippen LogP contribution in [0.15, 0.2) is 93.4 Å². The Labute approximate surface area is 153 Å². The van der Waals surface area contributed by atoms with Gasteiger partial charge in [-0.25, -0.2) is 9.98 Å². The number of hydrogen-bond acceptors (Lipinski definition) is 2. The molecule has 122 valence electrons. The number of carbonyl (C=O) groups is 2. The minimum absolute atomic E-state index is 0.322. The number of aliphatic imine (C=N–C) groups is 2. The van der Waals surface area contributed by atoms with E-state index in [1.807, 2.05) is 12.1 Å². The summed E-state index contributed by atoms with van der Waals surface area (Å²) < 4.78 is 0.596. The molecule has 0 heterocycles. The molecule has 0 radical (unpaired) electrons. The Bertz CT molecular complexity index is 927. The highest BCUT2D eigenvalue weighted by Crippen LogP contribution is 2.16. The molecule has 1 aliphatic rings. The number of benzene rings is 2. The number of allylic oxidation sites excluding steroid dienone is 4. The molecule has 25 heavy (non-hydrogen) atoms. The van der Waals surface area contributed by atoms with Crippen LogP contribution < -0.4 is 0 Å². The molecule has 2 aromatic carbocycles. The van der Waals surface area contributed by atoms with Gasteiger partial charge in [-0.1, -0.05) is 36.4 Å². The van der Waals surface area contributed by atoms with Crippen LogP contribution in [0.1, 0.15) is 20.7 Å². The summed E-state index contributed by atoms with van der Waals surface area (Å²) in [7, 11) is 0. The number of hydrogen-bond donors (Lipinski definition) is 0. The second kappa shape index (κ2) is 7.77. The van der Waals surface area contributed by atoms with Gasteiger partial charge in [0.25, 0.3) is 11.8 Å². The van der Waals surface area contributed by atoms with Crippen molar-refractivity contribution in [3.05, 3.63) is 94.5 Å². The fraction of sp³-hybridized carbons (Fsp3) is 0. The maximum Gasteiger partial charge on any atom is 0.277 e. The Morgan fingerprint density at radius 2 is 1.24 bits per heavy atom.